The Balaban J connectivity index is 1.53. The van der Waals surface area contributed by atoms with Crippen LogP contribution in [0.25, 0.3) is 0 Å². The molecule has 0 aromatic carbocycles. The third kappa shape index (κ3) is 2.93. The highest BCUT2D eigenvalue weighted by molar-refractivity contribution is 5.82. The van der Waals surface area contributed by atoms with Gasteiger partial charge in [-0.1, -0.05) is 6.92 Å². The molecule has 1 saturated carbocycles. The van der Waals surface area contributed by atoms with Crippen molar-refractivity contribution < 1.29 is 14.3 Å². The van der Waals surface area contributed by atoms with E-state index >= 15 is 0 Å². The summed E-state index contributed by atoms with van der Waals surface area (Å²) in [6.45, 7) is 5.95. The summed E-state index contributed by atoms with van der Waals surface area (Å²) in [5.41, 5.74) is 0.108. The maximum Gasteiger partial charge on any atom is 0.225 e. The highest BCUT2D eigenvalue weighted by Crippen LogP contribution is 2.43. The number of hydrogen-bond donors (Lipinski definition) is 0. The zero-order valence-corrected chi connectivity index (χ0v) is 13.1. The van der Waals surface area contributed by atoms with E-state index in [1.54, 1.807) is 7.11 Å². The summed E-state index contributed by atoms with van der Waals surface area (Å²) in [6, 6.07) is 0. The fraction of sp³-hybridized carbons (Fsp3) is 0.875. The number of carbonyl (C=O) groups is 2. The lowest BCUT2D eigenvalue weighted by molar-refractivity contribution is -0.135. The van der Waals surface area contributed by atoms with E-state index in [9.17, 15) is 9.59 Å². The van der Waals surface area contributed by atoms with E-state index in [0.717, 1.165) is 38.9 Å². The molecule has 0 aromatic heterocycles. The monoisotopic (exact) mass is 294 g/mol. The molecule has 21 heavy (non-hydrogen) atoms. The van der Waals surface area contributed by atoms with Crippen LogP contribution >= 0.6 is 0 Å². The first-order valence-corrected chi connectivity index (χ1v) is 8.10. The SMILES string of the molecule is COCCN1CC2(CCN(C(=O)[C@@H]3C[C@@H]3C)CC2)CC1=O. The number of ether oxygens (including phenoxy) is 1. The molecule has 3 fully saturated rings. The van der Waals surface area contributed by atoms with Gasteiger partial charge < -0.3 is 14.5 Å². The summed E-state index contributed by atoms with van der Waals surface area (Å²) in [6.07, 6.45) is 3.65. The van der Waals surface area contributed by atoms with E-state index in [-0.39, 0.29) is 17.2 Å². The second-order valence-corrected chi connectivity index (χ2v) is 7.13. The second-order valence-electron chi connectivity index (χ2n) is 7.13. The Morgan fingerprint density at radius 3 is 2.62 bits per heavy atom. The number of likely N-dealkylation sites (tertiary alicyclic amines) is 2. The van der Waals surface area contributed by atoms with Gasteiger partial charge in [0.25, 0.3) is 0 Å². The molecule has 3 aliphatic rings. The van der Waals surface area contributed by atoms with Crippen molar-refractivity contribution in [3.8, 4) is 0 Å². The first-order valence-electron chi connectivity index (χ1n) is 8.10. The number of rotatable bonds is 4. The Morgan fingerprint density at radius 1 is 1.38 bits per heavy atom. The lowest BCUT2D eigenvalue weighted by Gasteiger charge is -2.39. The molecule has 0 unspecified atom stereocenters. The van der Waals surface area contributed by atoms with Crippen LogP contribution in [0.4, 0.5) is 0 Å². The van der Waals surface area contributed by atoms with E-state index in [4.69, 9.17) is 4.74 Å². The molecule has 0 radical (unpaired) electrons. The number of methoxy groups -OCH3 is 1. The molecular weight excluding hydrogens is 268 g/mol. The van der Waals surface area contributed by atoms with E-state index in [1.807, 2.05) is 9.80 Å². The lowest BCUT2D eigenvalue weighted by Crippen LogP contribution is -2.45. The Morgan fingerprint density at radius 2 is 2.05 bits per heavy atom. The molecule has 2 aliphatic heterocycles. The van der Waals surface area contributed by atoms with Crippen molar-refractivity contribution in [3.05, 3.63) is 0 Å². The Hall–Kier alpha value is -1.10. The molecule has 0 N–H and O–H groups in total. The Bertz CT molecular complexity index is 429. The zero-order valence-electron chi connectivity index (χ0n) is 13.1. The third-order valence-electron chi connectivity index (χ3n) is 5.53. The maximum absolute atomic E-state index is 12.3. The summed E-state index contributed by atoms with van der Waals surface area (Å²) in [4.78, 5) is 28.4. The number of hydrogen-bond acceptors (Lipinski definition) is 3. The van der Waals surface area contributed by atoms with Gasteiger partial charge in [-0.3, -0.25) is 9.59 Å². The first kappa shape index (κ1) is 14.8. The van der Waals surface area contributed by atoms with Gasteiger partial charge in [-0.05, 0) is 25.2 Å². The van der Waals surface area contributed by atoms with Crippen LogP contribution in [-0.4, -0.2) is 61.5 Å². The molecule has 0 bridgehead atoms. The standard InChI is InChI=1S/C16H26N2O3/c1-12-9-13(12)15(20)17-5-3-16(4-6-17)10-14(19)18(11-16)7-8-21-2/h12-13H,3-11H2,1-2H3/t12-,13+/m0/s1. The van der Waals surface area contributed by atoms with Crippen molar-refractivity contribution in [1.82, 2.24) is 9.80 Å². The average Bonchev–Trinajstić information content (AvgIpc) is 3.12. The van der Waals surface area contributed by atoms with Crippen LogP contribution in [0.5, 0.6) is 0 Å². The van der Waals surface area contributed by atoms with Crippen molar-refractivity contribution in [2.75, 3.05) is 39.9 Å². The molecule has 1 aliphatic carbocycles. The van der Waals surface area contributed by atoms with Crippen LogP contribution < -0.4 is 0 Å². The van der Waals surface area contributed by atoms with Gasteiger partial charge in [0.15, 0.2) is 0 Å². The van der Waals surface area contributed by atoms with Gasteiger partial charge in [0.05, 0.1) is 6.61 Å². The first-order chi connectivity index (χ1) is 10.0. The van der Waals surface area contributed by atoms with E-state index in [2.05, 4.69) is 6.92 Å². The van der Waals surface area contributed by atoms with Gasteiger partial charge in [0.1, 0.15) is 0 Å². The van der Waals surface area contributed by atoms with Crippen molar-refractivity contribution >= 4 is 11.8 Å². The number of carbonyl (C=O) groups excluding carboxylic acids is 2. The summed E-state index contributed by atoms with van der Waals surface area (Å²) >= 11 is 0. The van der Waals surface area contributed by atoms with Gasteiger partial charge in [-0.15, -0.1) is 0 Å². The van der Waals surface area contributed by atoms with Gasteiger partial charge >= 0.3 is 0 Å². The molecule has 2 amide bonds. The van der Waals surface area contributed by atoms with Gasteiger partial charge in [0, 0.05) is 51.0 Å². The largest absolute Gasteiger partial charge is 0.383 e. The minimum absolute atomic E-state index is 0.108. The molecule has 1 spiro atoms. The van der Waals surface area contributed by atoms with Crippen molar-refractivity contribution in [3.63, 3.8) is 0 Å². The molecule has 2 saturated heterocycles. The molecular formula is C16H26N2O3. The molecule has 118 valence electrons. The minimum Gasteiger partial charge on any atom is -0.383 e. The lowest BCUT2D eigenvalue weighted by atomic mass is 9.77. The van der Waals surface area contributed by atoms with Crippen LogP contribution in [0, 0.1) is 17.3 Å². The predicted octanol–water partition coefficient (Wildman–Crippen LogP) is 1.13. The van der Waals surface area contributed by atoms with Crippen molar-refractivity contribution in [1.29, 1.82) is 0 Å². The highest BCUT2D eigenvalue weighted by Gasteiger charge is 2.47. The summed E-state index contributed by atoms with van der Waals surface area (Å²) in [5, 5.41) is 0. The molecule has 5 heteroatoms. The summed E-state index contributed by atoms with van der Waals surface area (Å²) < 4.78 is 5.07. The summed E-state index contributed by atoms with van der Waals surface area (Å²) in [5.74, 6) is 1.45. The third-order valence-corrected chi connectivity index (χ3v) is 5.53. The number of nitrogens with zero attached hydrogens (tertiary/aromatic N) is 2. The van der Waals surface area contributed by atoms with Gasteiger partial charge in [0.2, 0.25) is 11.8 Å². The molecule has 0 aromatic rings. The van der Waals surface area contributed by atoms with Crippen LogP contribution in [0.2, 0.25) is 0 Å². The average molecular weight is 294 g/mol. The van der Waals surface area contributed by atoms with Crippen LogP contribution in [0.3, 0.4) is 0 Å². The Labute approximate surface area is 126 Å². The number of amides is 2. The smallest absolute Gasteiger partial charge is 0.225 e. The fourth-order valence-electron chi connectivity index (χ4n) is 3.82. The van der Waals surface area contributed by atoms with E-state index < -0.39 is 0 Å². The topological polar surface area (TPSA) is 49.9 Å². The van der Waals surface area contributed by atoms with Crippen LogP contribution in [0.1, 0.15) is 32.6 Å². The normalized spacial score (nSPS) is 31.0. The molecule has 2 heterocycles. The zero-order chi connectivity index (χ0) is 15.0. The number of piperidine rings is 1. The molecule has 5 nitrogen and oxygen atoms in total. The van der Waals surface area contributed by atoms with Gasteiger partial charge in [-0.2, -0.15) is 0 Å². The van der Waals surface area contributed by atoms with E-state index in [1.165, 1.54) is 0 Å². The minimum atomic E-state index is 0.108. The van der Waals surface area contributed by atoms with Crippen molar-refractivity contribution in [2.24, 2.45) is 17.3 Å². The van der Waals surface area contributed by atoms with Crippen LogP contribution in [-0.2, 0) is 14.3 Å². The van der Waals surface area contributed by atoms with Crippen LogP contribution in [0.15, 0.2) is 0 Å². The molecule has 2 atom stereocenters. The Kier molecular flexibility index (Phi) is 3.95. The quantitative estimate of drug-likeness (QED) is 0.781. The van der Waals surface area contributed by atoms with Gasteiger partial charge in [-0.25, -0.2) is 0 Å². The highest BCUT2D eigenvalue weighted by atomic mass is 16.5. The fourth-order valence-corrected chi connectivity index (χ4v) is 3.82. The van der Waals surface area contributed by atoms with E-state index in [0.29, 0.717) is 31.4 Å². The second kappa shape index (κ2) is 5.59. The molecule has 3 rings (SSSR count). The van der Waals surface area contributed by atoms with Crippen molar-refractivity contribution in [2.45, 2.75) is 32.6 Å². The predicted molar refractivity (Wildman–Crippen MR) is 78.6 cm³/mol. The summed E-state index contributed by atoms with van der Waals surface area (Å²) in [7, 11) is 1.67. The maximum atomic E-state index is 12.3.